The largest absolute Gasteiger partial charge is 0.495 e. The van der Waals surface area contributed by atoms with Gasteiger partial charge < -0.3 is 24.6 Å². The van der Waals surface area contributed by atoms with E-state index in [1.54, 1.807) is 6.07 Å². The number of carboxylic acids is 1. The van der Waals surface area contributed by atoms with Crippen molar-refractivity contribution >= 4 is 11.7 Å². The highest BCUT2D eigenvalue weighted by atomic mass is 16.7. The number of methoxy groups -OCH3 is 3. The monoisotopic (exact) mass is 269 g/mol. The van der Waals surface area contributed by atoms with Crippen molar-refractivity contribution in [2.75, 3.05) is 26.6 Å². The van der Waals surface area contributed by atoms with Crippen molar-refractivity contribution in [1.29, 1.82) is 0 Å². The molecular formula is C13H19NO5. The molecule has 0 aliphatic rings. The highest BCUT2D eigenvalue weighted by molar-refractivity contribution is 5.89. The van der Waals surface area contributed by atoms with Gasteiger partial charge in [0.15, 0.2) is 6.29 Å². The lowest BCUT2D eigenvalue weighted by Crippen LogP contribution is -2.33. The number of hydrogen-bond acceptors (Lipinski definition) is 5. The van der Waals surface area contributed by atoms with Gasteiger partial charge in [0.25, 0.3) is 0 Å². The van der Waals surface area contributed by atoms with Gasteiger partial charge in [0, 0.05) is 14.2 Å². The van der Waals surface area contributed by atoms with Crippen molar-refractivity contribution in [3.8, 4) is 5.75 Å². The molecule has 6 heteroatoms. The standard InChI is InChI=1S/C13H19NO5/c1-8(13(18-3)19-4)14-10-7-9(12(15)16)5-6-11(10)17-2/h5-8,13-14H,1-4H3,(H,15,16). The molecule has 2 N–H and O–H groups in total. The predicted molar refractivity (Wildman–Crippen MR) is 70.8 cm³/mol. The van der Waals surface area contributed by atoms with Crippen LogP contribution in [0.25, 0.3) is 0 Å². The minimum absolute atomic E-state index is 0.173. The number of rotatable bonds is 7. The van der Waals surface area contributed by atoms with Gasteiger partial charge in [-0.2, -0.15) is 0 Å². The third-order valence-corrected chi connectivity index (χ3v) is 2.70. The van der Waals surface area contributed by atoms with Gasteiger partial charge in [0.05, 0.1) is 24.4 Å². The van der Waals surface area contributed by atoms with Crippen molar-refractivity contribution in [2.24, 2.45) is 0 Å². The Morgan fingerprint density at radius 2 is 1.89 bits per heavy atom. The van der Waals surface area contributed by atoms with Gasteiger partial charge in [0.2, 0.25) is 0 Å². The first-order valence-electron chi connectivity index (χ1n) is 5.77. The zero-order valence-corrected chi connectivity index (χ0v) is 11.5. The van der Waals surface area contributed by atoms with Crippen LogP contribution in [-0.4, -0.2) is 44.7 Å². The topological polar surface area (TPSA) is 77.0 Å². The molecule has 0 aromatic heterocycles. The lowest BCUT2D eigenvalue weighted by Gasteiger charge is -2.24. The van der Waals surface area contributed by atoms with Crippen molar-refractivity contribution in [3.63, 3.8) is 0 Å². The molecule has 0 bridgehead atoms. The number of carbonyl (C=O) groups is 1. The summed E-state index contributed by atoms with van der Waals surface area (Å²) in [7, 11) is 4.60. The minimum atomic E-state index is -0.992. The van der Waals surface area contributed by atoms with E-state index in [4.69, 9.17) is 19.3 Å². The summed E-state index contributed by atoms with van der Waals surface area (Å²) in [4.78, 5) is 11.0. The van der Waals surface area contributed by atoms with E-state index in [1.165, 1.54) is 33.5 Å². The first kappa shape index (κ1) is 15.3. The number of benzene rings is 1. The van der Waals surface area contributed by atoms with E-state index in [1.807, 2.05) is 6.92 Å². The maximum atomic E-state index is 11.0. The van der Waals surface area contributed by atoms with Crippen LogP contribution < -0.4 is 10.1 Å². The summed E-state index contributed by atoms with van der Waals surface area (Å²) in [6.45, 7) is 1.87. The Morgan fingerprint density at radius 3 is 2.37 bits per heavy atom. The fraction of sp³-hybridized carbons (Fsp3) is 0.462. The molecule has 1 rings (SSSR count). The summed E-state index contributed by atoms with van der Waals surface area (Å²) in [6, 6.07) is 4.43. The molecular weight excluding hydrogens is 250 g/mol. The Hall–Kier alpha value is -1.79. The lowest BCUT2D eigenvalue weighted by molar-refractivity contribution is -0.109. The van der Waals surface area contributed by atoms with Gasteiger partial charge in [0.1, 0.15) is 5.75 Å². The van der Waals surface area contributed by atoms with Gasteiger partial charge in [-0.3, -0.25) is 0 Å². The molecule has 19 heavy (non-hydrogen) atoms. The van der Waals surface area contributed by atoms with Crippen LogP contribution in [0.5, 0.6) is 5.75 Å². The van der Waals surface area contributed by atoms with Crippen LogP contribution >= 0.6 is 0 Å². The molecule has 0 fully saturated rings. The Morgan fingerprint density at radius 1 is 1.26 bits per heavy atom. The van der Waals surface area contributed by atoms with Gasteiger partial charge in [-0.15, -0.1) is 0 Å². The second kappa shape index (κ2) is 6.96. The van der Waals surface area contributed by atoms with Crippen LogP contribution in [0, 0.1) is 0 Å². The highest BCUT2D eigenvalue weighted by Crippen LogP contribution is 2.26. The number of hydrogen-bond donors (Lipinski definition) is 2. The Kier molecular flexibility index (Phi) is 5.59. The van der Waals surface area contributed by atoms with Crippen molar-refractivity contribution in [2.45, 2.75) is 19.3 Å². The number of nitrogens with one attached hydrogen (secondary N) is 1. The van der Waals surface area contributed by atoms with E-state index in [0.717, 1.165) is 0 Å². The zero-order valence-electron chi connectivity index (χ0n) is 11.5. The minimum Gasteiger partial charge on any atom is -0.495 e. The van der Waals surface area contributed by atoms with Crippen molar-refractivity contribution in [1.82, 2.24) is 0 Å². The van der Waals surface area contributed by atoms with Crippen LogP contribution in [-0.2, 0) is 9.47 Å². The van der Waals surface area contributed by atoms with Gasteiger partial charge in [-0.1, -0.05) is 0 Å². The molecule has 0 amide bonds. The van der Waals surface area contributed by atoms with Crippen LogP contribution in [0.15, 0.2) is 18.2 Å². The number of ether oxygens (including phenoxy) is 3. The van der Waals surface area contributed by atoms with Crippen molar-refractivity contribution < 1.29 is 24.1 Å². The third kappa shape index (κ3) is 3.84. The zero-order chi connectivity index (χ0) is 14.4. The summed E-state index contributed by atoms with van der Waals surface area (Å²) in [6.07, 6.45) is -0.446. The van der Waals surface area contributed by atoms with E-state index in [2.05, 4.69) is 5.32 Å². The maximum absolute atomic E-state index is 11.0. The molecule has 1 unspecified atom stereocenters. The molecule has 106 valence electrons. The average Bonchev–Trinajstić information content (AvgIpc) is 2.39. The lowest BCUT2D eigenvalue weighted by atomic mass is 10.1. The average molecular weight is 269 g/mol. The van der Waals surface area contributed by atoms with Gasteiger partial charge in [-0.25, -0.2) is 4.79 Å². The molecule has 0 radical (unpaired) electrons. The second-order valence-electron chi connectivity index (χ2n) is 3.99. The summed E-state index contributed by atoms with van der Waals surface area (Å²) in [5.74, 6) is -0.434. The van der Waals surface area contributed by atoms with Crippen LogP contribution in [0.3, 0.4) is 0 Å². The third-order valence-electron chi connectivity index (χ3n) is 2.70. The molecule has 0 heterocycles. The summed E-state index contributed by atoms with van der Waals surface area (Å²) < 4.78 is 15.5. The normalized spacial score (nSPS) is 12.3. The molecule has 0 aliphatic carbocycles. The number of carboxylic acid groups (broad SMARTS) is 1. The molecule has 0 saturated carbocycles. The molecule has 1 atom stereocenters. The predicted octanol–water partition coefficient (Wildman–Crippen LogP) is 1.81. The molecule has 1 aromatic carbocycles. The SMILES string of the molecule is COc1ccc(C(=O)O)cc1NC(C)C(OC)OC. The highest BCUT2D eigenvalue weighted by Gasteiger charge is 2.18. The maximum Gasteiger partial charge on any atom is 0.335 e. The van der Waals surface area contributed by atoms with Gasteiger partial charge >= 0.3 is 5.97 Å². The number of aromatic carboxylic acids is 1. The number of anilines is 1. The van der Waals surface area contributed by atoms with E-state index in [9.17, 15) is 4.79 Å². The molecule has 1 aromatic rings. The van der Waals surface area contributed by atoms with Crippen LogP contribution in [0.2, 0.25) is 0 Å². The molecule has 0 spiro atoms. The first-order chi connectivity index (χ1) is 9.03. The van der Waals surface area contributed by atoms with E-state index in [0.29, 0.717) is 11.4 Å². The summed E-state index contributed by atoms with van der Waals surface area (Å²) >= 11 is 0. The van der Waals surface area contributed by atoms with Gasteiger partial charge in [-0.05, 0) is 25.1 Å². The van der Waals surface area contributed by atoms with Crippen LogP contribution in [0.1, 0.15) is 17.3 Å². The quantitative estimate of drug-likeness (QED) is 0.735. The first-order valence-corrected chi connectivity index (χ1v) is 5.77. The Labute approximate surface area is 112 Å². The van der Waals surface area contributed by atoms with Crippen molar-refractivity contribution in [3.05, 3.63) is 23.8 Å². The Bertz CT molecular complexity index is 431. The van der Waals surface area contributed by atoms with E-state index in [-0.39, 0.29) is 11.6 Å². The summed E-state index contributed by atoms with van der Waals surface area (Å²) in [5.41, 5.74) is 0.760. The smallest absolute Gasteiger partial charge is 0.335 e. The molecule has 0 aliphatic heterocycles. The molecule has 0 saturated heterocycles. The van der Waals surface area contributed by atoms with E-state index >= 15 is 0 Å². The summed E-state index contributed by atoms with van der Waals surface area (Å²) in [5, 5.41) is 12.1. The van der Waals surface area contributed by atoms with E-state index < -0.39 is 12.3 Å². The fourth-order valence-electron chi connectivity index (χ4n) is 1.77. The Balaban J connectivity index is 2.97. The second-order valence-corrected chi connectivity index (χ2v) is 3.99. The fourth-order valence-corrected chi connectivity index (χ4v) is 1.77. The molecule has 6 nitrogen and oxygen atoms in total. The van der Waals surface area contributed by atoms with Crippen LogP contribution in [0.4, 0.5) is 5.69 Å².